The Morgan fingerprint density at radius 1 is 1.07 bits per heavy atom. The average molecular weight is 387 g/mol. The Hall–Kier alpha value is -3.06. The minimum absolute atomic E-state index is 0.153. The van der Waals surface area contributed by atoms with Crippen LogP contribution in [0.15, 0.2) is 48.5 Å². The van der Waals surface area contributed by atoms with Gasteiger partial charge in [0.15, 0.2) is 0 Å². The number of aliphatic hydroxyl groups is 1. The van der Waals surface area contributed by atoms with Crippen LogP contribution >= 0.6 is 0 Å². The van der Waals surface area contributed by atoms with E-state index in [1.54, 1.807) is 48.5 Å². The Kier molecular flexibility index (Phi) is 7.00. The number of aromatic hydroxyl groups is 1. The number of nitrogens with zero attached hydrogens (tertiary/aromatic N) is 1. The zero-order valence-electron chi connectivity index (χ0n) is 16.2. The smallest absolute Gasteiger partial charge is 0.412 e. The Morgan fingerprint density at radius 3 is 2.29 bits per heavy atom. The molecule has 0 aliphatic rings. The Bertz CT molecular complexity index is 810. The minimum atomic E-state index is -1.61. The summed E-state index contributed by atoms with van der Waals surface area (Å²) in [5.74, 6) is -1.90. The molecule has 150 valence electrons. The van der Waals surface area contributed by atoms with Crippen LogP contribution in [-0.4, -0.2) is 46.6 Å². The number of phenols is 1. The van der Waals surface area contributed by atoms with Gasteiger partial charge in [0.05, 0.1) is 12.7 Å². The first-order chi connectivity index (χ1) is 13.2. The van der Waals surface area contributed by atoms with Gasteiger partial charge in [-0.3, -0.25) is 0 Å². The van der Waals surface area contributed by atoms with E-state index in [9.17, 15) is 19.8 Å². The molecule has 0 saturated heterocycles. The standard InChI is InChI=1S/C21H25NO6/c1-21(2,26)28-20(25)22(13-12-16-6-4-5-7-18(16)23)14-15-8-10-17(11-9-15)19(24)27-3/h4-11,23,26H,12-14H2,1-3H3. The van der Waals surface area contributed by atoms with Gasteiger partial charge in [0, 0.05) is 26.9 Å². The van der Waals surface area contributed by atoms with Crippen LogP contribution in [0.2, 0.25) is 0 Å². The van der Waals surface area contributed by atoms with E-state index in [0.717, 1.165) is 5.56 Å². The van der Waals surface area contributed by atoms with Crippen LogP contribution in [0.3, 0.4) is 0 Å². The summed E-state index contributed by atoms with van der Waals surface area (Å²) in [5.41, 5.74) is 1.88. The highest BCUT2D eigenvalue weighted by Gasteiger charge is 2.24. The topological polar surface area (TPSA) is 96.3 Å². The summed E-state index contributed by atoms with van der Waals surface area (Å²) in [7, 11) is 1.31. The number of hydrogen-bond donors (Lipinski definition) is 2. The predicted octanol–water partition coefficient (Wildman–Crippen LogP) is 3.09. The number of para-hydroxylation sites is 1. The van der Waals surface area contributed by atoms with E-state index >= 15 is 0 Å². The molecule has 0 aromatic heterocycles. The first-order valence-corrected chi connectivity index (χ1v) is 8.84. The third kappa shape index (κ3) is 6.28. The predicted molar refractivity (Wildman–Crippen MR) is 103 cm³/mol. The molecule has 7 nitrogen and oxygen atoms in total. The van der Waals surface area contributed by atoms with Crippen LogP contribution in [-0.2, 0) is 22.4 Å². The van der Waals surface area contributed by atoms with Crippen molar-refractivity contribution in [1.29, 1.82) is 0 Å². The summed E-state index contributed by atoms with van der Waals surface area (Å²) >= 11 is 0. The molecule has 1 amide bonds. The number of rotatable bonds is 7. The summed E-state index contributed by atoms with van der Waals surface area (Å²) in [5, 5.41) is 19.7. The normalized spacial score (nSPS) is 11.0. The lowest BCUT2D eigenvalue weighted by atomic mass is 10.1. The van der Waals surface area contributed by atoms with Gasteiger partial charge in [-0.15, -0.1) is 0 Å². The highest BCUT2D eigenvalue weighted by Crippen LogP contribution is 2.18. The molecule has 0 heterocycles. The molecule has 0 bridgehead atoms. The second kappa shape index (κ2) is 9.23. The van der Waals surface area contributed by atoms with Crippen LogP contribution in [0, 0.1) is 0 Å². The largest absolute Gasteiger partial charge is 0.508 e. The highest BCUT2D eigenvalue weighted by atomic mass is 16.7. The molecule has 0 saturated carbocycles. The van der Waals surface area contributed by atoms with Crippen molar-refractivity contribution in [2.24, 2.45) is 0 Å². The van der Waals surface area contributed by atoms with Gasteiger partial charge in [0.25, 0.3) is 0 Å². The van der Waals surface area contributed by atoms with Crippen LogP contribution < -0.4 is 0 Å². The maximum Gasteiger partial charge on any atom is 0.412 e. The van der Waals surface area contributed by atoms with E-state index in [1.165, 1.54) is 25.9 Å². The molecule has 28 heavy (non-hydrogen) atoms. The van der Waals surface area contributed by atoms with Crippen molar-refractivity contribution in [1.82, 2.24) is 4.90 Å². The molecule has 0 aliphatic carbocycles. The molecule has 0 spiro atoms. The van der Waals surface area contributed by atoms with Gasteiger partial charge in [-0.05, 0) is 35.7 Å². The molecule has 2 aromatic rings. The quantitative estimate of drug-likeness (QED) is 0.560. The number of esters is 1. The zero-order valence-corrected chi connectivity index (χ0v) is 16.2. The number of amides is 1. The summed E-state index contributed by atoms with van der Waals surface area (Å²) in [4.78, 5) is 25.5. The average Bonchev–Trinajstić information content (AvgIpc) is 2.64. The number of methoxy groups -OCH3 is 1. The molecule has 2 N–H and O–H groups in total. The maximum absolute atomic E-state index is 12.5. The van der Waals surface area contributed by atoms with Crippen molar-refractivity contribution >= 4 is 12.1 Å². The second-order valence-corrected chi connectivity index (χ2v) is 6.80. The van der Waals surface area contributed by atoms with Crippen LogP contribution in [0.25, 0.3) is 0 Å². The fourth-order valence-electron chi connectivity index (χ4n) is 2.58. The van der Waals surface area contributed by atoms with Crippen molar-refractivity contribution in [3.63, 3.8) is 0 Å². The summed E-state index contributed by atoms with van der Waals surface area (Å²) < 4.78 is 9.75. The van der Waals surface area contributed by atoms with Crippen LogP contribution in [0.1, 0.15) is 35.3 Å². The van der Waals surface area contributed by atoms with Gasteiger partial charge in [-0.1, -0.05) is 30.3 Å². The lowest BCUT2D eigenvalue weighted by Crippen LogP contribution is -2.38. The molecular formula is C21H25NO6. The zero-order chi connectivity index (χ0) is 20.7. The summed E-state index contributed by atoms with van der Waals surface area (Å²) in [6.07, 6.45) is -0.270. The first kappa shape index (κ1) is 21.2. The van der Waals surface area contributed by atoms with Crippen molar-refractivity contribution in [3.05, 3.63) is 65.2 Å². The number of benzene rings is 2. The number of hydrogen-bond acceptors (Lipinski definition) is 6. The van der Waals surface area contributed by atoms with Crippen molar-refractivity contribution in [2.45, 2.75) is 32.6 Å². The highest BCUT2D eigenvalue weighted by molar-refractivity contribution is 5.89. The van der Waals surface area contributed by atoms with E-state index in [1.807, 2.05) is 0 Å². The monoisotopic (exact) mass is 387 g/mol. The van der Waals surface area contributed by atoms with Gasteiger partial charge in [0.2, 0.25) is 5.79 Å². The first-order valence-electron chi connectivity index (χ1n) is 8.84. The fraction of sp³-hybridized carbons (Fsp3) is 0.333. The van der Waals surface area contributed by atoms with Crippen molar-refractivity contribution in [2.75, 3.05) is 13.7 Å². The second-order valence-electron chi connectivity index (χ2n) is 6.80. The Labute approximate surface area is 164 Å². The van der Waals surface area contributed by atoms with Gasteiger partial charge in [-0.25, -0.2) is 9.59 Å². The van der Waals surface area contributed by atoms with Gasteiger partial charge >= 0.3 is 12.1 Å². The van der Waals surface area contributed by atoms with Crippen LogP contribution in [0.4, 0.5) is 4.79 Å². The van der Waals surface area contributed by atoms with Crippen molar-refractivity contribution < 1.29 is 29.3 Å². The van der Waals surface area contributed by atoms with Gasteiger partial charge in [0.1, 0.15) is 5.75 Å². The van der Waals surface area contributed by atoms with E-state index in [0.29, 0.717) is 17.5 Å². The van der Waals surface area contributed by atoms with Gasteiger partial charge < -0.3 is 24.6 Å². The lowest BCUT2D eigenvalue weighted by Gasteiger charge is -2.27. The third-order valence-electron chi connectivity index (χ3n) is 3.99. The Morgan fingerprint density at radius 2 is 1.71 bits per heavy atom. The van der Waals surface area contributed by atoms with E-state index in [-0.39, 0.29) is 18.8 Å². The minimum Gasteiger partial charge on any atom is -0.508 e. The number of ether oxygens (including phenoxy) is 2. The van der Waals surface area contributed by atoms with E-state index < -0.39 is 17.8 Å². The van der Waals surface area contributed by atoms with Crippen LogP contribution in [0.5, 0.6) is 5.75 Å². The SMILES string of the molecule is COC(=O)c1ccc(CN(CCc2ccccc2O)C(=O)OC(C)(C)O)cc1. The van der Waals surface area contributed by atoms with Gasteiger partial charge in [-0.2, -0.15) is 0 Å². The number of phenolic OH excluding ortho intramolecular Hbond substituents is 1. The molecule has 0 fully saturated rings. The molecule has 7 heteroatoms. The molecule has 0 radical (unpaired) electrons. The fourth-order valence-corrected chi connectivity index (χ4v) is 2.58. The summed E-state index contributed by atoms with van der Waals surface area (Å²) in [6.45, 7) is 3.23. The van der Waals surface area contributed by atoms with E-state index in [4.69, 9.17) is 4.74 Å². The van der Waals surface area contributed by atoms with Crippen molar-refractivity contribution in [3.8, 4) is 5.75 Å². The molecular weight excluding hydrogens is 362 g/mol. The molecule has 0 aliphatic heterocycles. The third-order valence-corrected chi connectivity index (χ3v) is 3.99. The van der Waals surface area contributed by atoms with E-state index in [2.05, 4.69) is 4.74 Å². The maximum atomic E-state index is 12.5. The number of carbonyl (C=O) groups excluding carboxylic acids is 2. The summed E-state index contributed by atoms with van der Waals surface area (Å²) in [6, 6.07) is 13.6. The molecule has 2 aromatic carbocycles. The molecule has 2 rings (SSSR count). The Balaban J connectivity index is 2.14. The lowest BCUT2D eigenvalue weighted by molar-refractivity contribution is -0.139. The molecule has 0 unspecified atom stereocenters. The number of carbonyl (C=O) groups is 2. The molecule has 0 atom stereocenters.